The lowest BCUT2D eigenvalue weighted by Crippen LogP contribution is -2.37. The number of imidazole rings is 1. The van der Waals surface area contributed by atoms with Gasteiger partial charge in [0.25, 0.3) is 6.01 Å². The van der Waals surface area contributed by atoms with Gasteiger partial charge in [-0.2, -0.15) is 4.98 Å². The Hall–Kier alpha value is -1.55. The van der Waals surface area contributed by atoms with Gasteiger partial charge in [0.2, 0.25) is 0 Å². The quantitative estimate of drug-likeness (QED) is 0.855. The number of aryl methyl sites for hydroxylation is 1. The molecule has 17 heavy (non-hydrogen) atoms. The second-order valence-corrected chi connectivity index (χ2v) is 4.53. The molecule has 0 spiro atoms. The third-order valence-electron chi connectivity index (χ3n) is 3.27. The Morgan fingerprint density at radius 3 is 3.06 bits per heavy atom. The number of hydrogen-bond acceptors (Lipinski definition) is 3. The van der Waals surface area contributed by atoms with E-state index in [1.807, 2.05) is 29.8 Å². The summed E-state index contributed by atoms with van der Waals surface area (Å²) in [7, 11) is 2.00. The second-order valence-electron chi connectivity index (χ2n) is 4.53. The average Bonchev–Trinajstić information content (AvgIpc) is 2.68. The van der Waals surface area contributed by atoms with Crippen LogP contribution in [0.3, 0.4) is 0 Å². The first-order valence-corrected chi connectivity index (χ1v) is 6.13. The molecule has 90 valence electrons. The van der Waals surface area contributed by atoms with Crippen LogP contribution in [0.5, 0.6) is 6.01 Å². The highest BCUT2D eigenvalue weighted by Gasteiger charge is 2.17. The van der Waals surface area contributed by atoms with Crippen LogP contribution in [0.1, 0.15) is 12.8 Å². The fourth-order valence-electron chi connectivity index (χ4n) is 2.30. The minimum atomic E-state index is 0.249. The molecule has 2 heterocycles. The SMILES string of the molecule is Cn1c(O[C@H]2CCCNC2)nc2ccccc21. The van der Waals surface area contributed by atoms with Gasteiger partial charge in [0.15, 0.2) is 0 Å². The Labute approximate surface area is 101 Å². The molecule has 0 amide bonds. The van der Waals surface area contributed by atoms with E-state index in [1.54, 1.807) is 0 Å². The van der Waals surface area contributed by atoms with Crippen LogP contribution in [0, 0.1) is 0 Å². The normalized spacial score (nSPS) is 20.6. The van der Waals surface area contributed by atoms with Crippen molar-refractivity contribution in [1.29, 1.82) is 0 Å². The van der Waals surface area contributed by atoms with Crippen molar-refractivity contribution in [2.24, 2.45) is 7.05 Å². The van der Waals surface area contributed by atoms with Gasteiger partial charge in [0.1, 0.15) is 6.10 Å². The lowest BCUT2D eigenvalue weighted by Gasteiger charge is -2.23. The number of nitrogens with zero attached hydrogens (tertiary/aromatic N) is 2. The molecular weight excluding hydrogens is 214 g/mol. The Kier molecular flexibility index (Phi) is 2.73. The third-order valence-corrected chi connectivity index (χ3v) is 3.27. The van der Waals surface area contributed by atoms with Gasteiger partial charge in [0, 0.05) is 13.6 Å². The first-order chi connectivity index (χ1) is 8.34. The summed E-state index contributed by atoms with van der Waals surface area (Å²) in [6.07, 6.45) is 2.53. The largest absolute Gasteiger partial charge is 0.460 e. The average molecular weight is 231 g/mol. The van der Waals surface area contributed by atoms with Crippen molar-refractivity contribution in [2.75, 3.05) is 13.1 Å². The van der Waals surface area contributed by atoms with E-state index in [4.69, 9.17) is 4.74 Å². The molecule has 1 atom stereocenters. The molecule has 0 aliphatic carbocycles. The second kappa shape index (κ2) is 4.37. The molecule has 4 nitrogen and oxygen atoms in total. The van der Waals surface area contributed by atoms with Gasteiger partial charge in [-0.05, 0) is 31.5 Å². The summed E-state index contributed by atoms with van der Waals surface area (Å²) < 4.78 is 7.98. The topological polar surface area (TPSA) is 39.1 Å². The zero-order valence-corrected chi connectivity index (χ0v) is 10.0. The van der Waals surface area contributed by atoms with Crippen molar-refractivity contribution >= 4 is 11.0 Å². The van der Waals surface area contributed by atoms with Crippen LogP contribution in [-0.4, -0.2) is 28.7 Å². The Bertz CT molecular complexity index is 514. The number of para-hydroxylation sites is 2. The summed E-state index contributed by atoms with van der Waals surface area (Å²) in [6, 6.07) is 8.83. The molecule has 3 rings (SSSR count). The number of piperidine rings is 1. The van der Waals surface area contributed by atoms with E-state index in [9.17, 15) is 0 Å². The summed E-state index contributed by atoms with van der Waals surface area (Å²) in [5.41, 5.74) is 2.11. The first kappa shape index (κ1) is 10.6. The molecule has 2 aromatic rings. The number of rotatable bonds is 2. The zero-order chi connectivity index (χ0) is 11.7. The standard InChI is InChI=1S/C13H17N3O/c1-16-12-7-3-2-6-11(12)15-13(16)17-10-5-4-8-14-9-10/h2-3,6-7,10,14H,4-5,8-9H2,1H3/t10-/m0/s1. The molecule has 0 saturated carbocycles. The number of benzene rings is 1. The van der Waals surface area contributed by atoms with Crippen LogP contribution in [0.2, 0.25) is 0 Å². The van der Waals surface area contributed by atoms with E-state index in [0.29, 0.717) is 0 Å². The minimum absolute atomic E-state index is 0.249. The third kappa shape index (κ3) is 2.00. The van der Waals surface area contributed by atoms with E-state index < -0.39 is 0 Å². The fourth-order valence-corrected chi connectivity index (χ4v) is 2.30. The molecule has 1 aromatic heterocycles. The lowest BCUT2D eigenvalue weighted by atomic mass is 10.1. The van der Waals surface area contributed by atoms with Crippen molar-refractivity contribution in [3.05, 3.63) is 24.3 Å². The van der Waals surface area contributed by atoms with E-state index in [2.05, 4.69) is 16.4 Å². The first-order valence-electron chi connectivity index (χ1n) is 6.13. The van der Waals surface area contributed by atoms with E-state index in [0.717, 1.165) is 36.6 Å². The van der Waals surface area contributed by atoms with Gasteiger partial charge in [0.05, 0.1) is 11.0 Å². The summed E-state index contributed by atoms with van der Waals surface area (Å²) >= 11 is 0. The summed E-state index contributed by atoms with van der Waals surface area (Å²) in [4.78, 5) is 4.52. The zero-order valence-electron chi connectivity index (χ0n) is 10.0. The lowest BCUT2D eigenvalue weighted by molar-refractivity contribution is 0.149. The number of ether oxygens (including phenoxy) is 1. The van der Waals surface area contributed by atoms with Crippen molar-refractivity contribution in [1.82, 2.24) is 14.9 Å². The highest BCUT2D eigenvalue weighted by Crippen LogP contribution is 2.21. The molecule has 1 aliphatic heterocycles. The van der Waals surface area contributed by atoms with Gasteiger partial charge >= 0.3 is 0 Å². The highest BCUT2D eigenvalue weighted by atomic mass is 16.5. The maximum Gasteiger partial charge on any atom is 0.297 e. The monoisotopic (exact) mass is 231 g/mol. The predicted octanol–water partition coefficient (Wildman–Crippen LogP) is 1.70. The Balaban J connectivity index is 1.87. The predicted molar refractivity (Wildman–Crippen MR) is 67.2 cm³/mol. The summed E-state index contributed by atoms with van der Waals surface area (Å²) in [5.74, 6) is 0. The van der Waals surface area contributed by atoms with Crippen LogP contribution in [-0.2, 0) is 7.05 Å². The Morgan fingerprint density at radius 2 is 2.29 bits per heavy atom. The van der Waals surface area contributed by atoms with E-state index in [-0.39, 0.29) is 6.10 Å². The molecule has 0 radical (unpaired) electrons. The van der Waals surface area contributed by atoms with Crippen LogP contribution in [0.15, 0.2) is 24.3 Å². The van der Waals surface area contributed by atoms with E-state index in [1.165, 1.54) is 6.42 Å². The van der Waals surface area contributed by atoms with Crippen LogP contribution >= 0.6 is 0 Å². The molecule has 1 fully saturated rings. The van der Waals surface area contributed by atoms with Gasteiger partial charge in [-0.25, -0.2) is 0 Å². The van der Waals surface area contributed by atoms with Crippen LogP contribution < -0.4 is 10.1 Å². The fraction of sp³-hybridized carbons (Fsp3) is 0.462. The maximum atomic E-state index is 5.96. The van der Waals surface area contributed by atoms with Gasteiger partial charge in [-0.1, -0.05) is 12.1 Å². The van der Waals surface area contributed by atoms with Crippen molar-refractivity contribution in [3.8, 4) is 6.01 Å². The number of nitrogens with one attached hydrogen (secondary N) is 1. The van der Waals surface area contributed by atoms with Crippen molar-refractivity contribution < 1.29 is 4.74 Å². The van der Waals surface area contributed by atoms with Gasteiger partial charge < -0.3 is 10.1 Å². The molecule has 0 unspecified atom stereocenters. The Morgan fingerprint density at radius 1 is 1.41 bits per heavy atom. The van der Waals surface area contributed by atoms with Gasteiger partial charge in [-0.15, -0.1) is 0 Å². The van der Waals surface area contributed by atoms with Crippen LogP contribution in [0.25, 0.3) is 11.0 Å². The number of fused-ring (bicyclic) bond motifs is 1. The summed E-state index contributed by atoms with van der Waals surface area (Å²) in [5, 5.41) is 3.35. The number of aromatic nitrogens is 2. The molecule has 1 aromatic carbocycles. The molecular formula is C13H17N3O. The molecule has 0 bridgehead atoms. The molecule has 1 aliphatic rings. The van der Waals surface area contributed by atoms with Crippen molar-refractivity contribution in [3.63, 3.8) is 0 Å². The molecule has 1 saturated heterocycles. The minimum Gasteiger partial charge on any atom is -0.460 e. The van der Waals surface area contributed by atoms with Gasteiger partial charge in [-0.3, -0.25) is 4.57 Å². The maximum absolute atomic E-state index is 5.96. The van der Waals surface area contributed by atoms with Crippen LogP contribution in [0.4, 0.5) is 0 Å². The number of hydrogen-bond donors (Lipinski definition) is 1. The molecule has 1 N–H and O–H groups in total. The van der Waals surface area contributed by atoms with E-state index >= 15 is 0 Å². The van der Waals surface area contributed by atoms with Crippen molar-refractivity contribution in [2.45, 2.75) is 18.9 Å². The highest BCUT2D eigenvalue weighted by molar-refractivity contribution is 5.76. The summed E-state index contributed by atoms with van der Waals surface area (Å²) in [6.45, 7) is 2.02. The smallest absolute Gasteiger partial charge is 0.297 e. The molecule has 4 heteroatoms.